The van der Waals surface area contributed by atoms with E-state index in [-0.39, 0.29) is 5.91 Å². The lowest BCUT2D eigenvalue weighted by atomic mass is 10.2. The Kier molecular flexibility index (Phi) is 3.96. The Morgan fingerprint density at radius 1 is 1.29 bits per heavy atom. The molecular weight excluding hydrogens is 236 g/mol. The second-order valence-corrected chi connectivity index (χ2v) is 5.43. The lowest BCUT2D eigenvalue weighted by molar-refractivity contribution is -0.123. The number of carbonyl (C=O) groups excluding carboxylic acids is 1. The Balaban J connectivity index is 2.12. The van der Waals surface area contributed by atoms with Crippen LogP contribution in [0.1, 0.15) is 25.7 Å². The zero-order valence-corrected chi connectivity index (χ0v) is 11.0. The van der Waals surface area contributed by atoms with Gasteiger partial charge >= 0.3 is 0 Å². The number of likely N-dealkylation sites (tertiary alicyclic amines) is 1. The zero-order chi connectivity index (χ0) is 12.3. The third kappa shape index (κ3) is 2.59. The Morgan fingerprint density at radius 3 is 2.47 bits per heavy atom. The normalized spacial score (nSPS) is 31.6. The number of hydrogen-bond donors (Lipinski definition) is 3. The summed E-state index contributed by atoms with van der Waals surface area (Å²) in [5, 5.41) is 2.46. The second kappa shape index (κ2) is 5.29. The van der Waals surface area contributed by atoms with Gasteiger partial charge in [-0.15, -0.1) is 11.8 Å². The number of rotatable bonds is 2. The van der Waals surface area contributed by atoms with E-state index >= 15 is 0 Å². The number of hydrogen-bond acceptors (Lipinski definition) is 5. The van der Waals surface area contributed by atoms with Gasteiger partial charge in [0.2, 0.25) is 5.12 Å². The van der Waals surface area contributed by atoms with Crippen LogP contribution in [0.3, 0.4) is 0 Å². The highest BCUT2D eigenvalue weighted by Gasteiger charge is 2.41. The molecule has 0 aromatic heterocycles. The maximum Gasteiger partial charge on any atom is 0.271 e. The molecule has 0 spiro atoms. The van der Waals surface area contributed by atoms with E-state index in [2.05, 4.69) is 27.6 Å². The summed E-state index contributed by atoms with van der Waals surface area (Å²) in [5.74, 6) is -0.137. The Labute approximate surface area is 106 Å². The highest BCUT2D eigenvalue weighted by atomic mass is 32.2. The van der Waals surface area contributed by atoms with Crippen LogP contribution < -0.4 is 16.2 Å². The molecule has 2 heterocycles. The maximum absolute atomic E-state index is 11.7. The van der Waals surface area contributed by atoms with Gasteiger partial charge in [-0.25, -0.2) is 0 Å². The number of nitrogens with one attached hydrogen (secondary N) is 3. The zero-order valence-electron chi connectivity index (χ0n) is 10.2. The summed E-state index contributed by atoms with van der Waals surface area (Å²) in [6.45, 7) is 5.65. The second-order valence-electron chi connectivity index (χ2n) is 4.43. The molecule has 2 aliphatic heterocycles. The van der Waals surface area contributed by atoms with Crippen molar-refractivity contribution in [2.24, 2.45) is 0 Å². The van der Waals surface area contributed by atoms with Gasteiger partial charge in [0, 0.05) is 13.1 Å². The molecule has 0 saturated carbocycles. The maximum atomic E-state index is 11.7. The first kappa shape index (κ1) is 12.7. The molecule has 1 amide bonds. The first-order valence-corrected chi connectivity index (χ1v) is 7.25. The molecule has 6 heteroatoms. The number of thioether (sulfide) groups is 1. The molecule has 0 aromatic rings. The topological polar surface area (TPSA) is 56.4 Å². The number of carbonyl (C=O) groups is 1. The van der Waals surface area contributed by atoms with Crippen LogP contribution >= 0.6 is 11.8 Å². The van der Waals surface area contributed by atoms with Crippen molar-refractivity contribution in [2.75, 3.05) is 19.3 Å². The van der Waals surface area contributed by atoms with Gasteiger partial charge in [-0.3, -0.25) is 9.69 Å². The molecule has 2 rings (SSSR count). The minimum atomic E-state index is -0.539. The molecule has 1 atom stereocenters. The predicted molar refractivity (Wildman–Crippen MR) is 69.8 cm³/mol. The first-order valence-electron chi connectivity index (χ1n) is 6.03. The van der Waals surface area contributed by atoms with E-state index in [1.54, 1.807) is 11.8 Å². The van der Waals surface area contributed by atoms with Crippen molar-refractivity contribution in [2.45, 2.75) is 30.8 Å². The number of amides is 1. The van der Waals surface area contributed by atoms with Crippen LogP contribution in [0.2, 0.25) is 0 Å². The molecular formula is C11H20N4OS. The largest absolute Gasteiger partial charge is 0.313 e. The monoisotopic (exact) mass is 256 g/mol. The third-order valence-electron chi connectivity index (χ3n) is 3.29. The molecule has 5 nitrogen and oxygen atoms in total. The SMILES string of the molecule is C=C1NNC(SC)(N2CCCCCC2)NC1=O. The van der Waals surface area contributed by atoms with E-state index in [1.807, 2.05) is 6.26 Å². The molecule has 1 unspecified atom stereocenters. The van der Waals surface area contributed by atoms with Gasteiger partial charge in [-0.2, -0.15) is 5.43 Å². The number of nitrogens with zero attached hydrogens (tertiary/aromatic N) is 1. The van der Waals surface area contributed by atoms with E-state index in [1.165, 1.54) is 25.7 Å². The van der Waals surface area contributed by atoms with Gasteiger partial charge in [0.1, 0.15) is 5.70 Å². The lowest BCUT2D eigenvalue weighted by Gasteiger charge is -2.45. The summed E-state index contributed by atoms with van der Waals surface area (Å²) in [7, 11) is 0. The van der Waals surface area contributed by atoms with Crippen molar-refractivity contribution in [3.63, 3.8) is 0 Å². The predicted octanol–water partition coefficient (Wildman–Crippen LogP) is 0.574. The molecule has 3 N–H and O–H groups in total. The first-order chi connectivity index (χ1) is 8.18. The van der Waals surface area contributed by atoms with Crippen molar-refractivity contribution >= 4 is 17.7 Å². The molecule has 0 bridgehead atoms. The van der Waals surface area contributed by atoms with Gasteiger partial charge in [0.05, 0.1) is 0 Å². The van der Waals surface area contributed by atoms with E-state index in [4.69, 9.17) is 0 Å². The summed E-state index contributed by atoms with van der Waals surface area (Å²) in [4.78, 5) is 14.0. The highest BCUT2D eigenvalue weighted by Crippen LogP contribution is 2.26. The molecule has 2 aliphatic rings. The summed E-state index contributed by atoms with van der Waals surface area (Å²) in [6.07, 6.45) is 6.90. The fourth-order valence-corrected chi connectivity index (χ4v) is 3.04. The minimum absolute atomic E-state index is 0.137. The molecule has 17 heavy (non-hydrogen) atoms. The summed E-state index contributed by atoms with van der Waals surface area (Å²) in [5.41, 5.74) is 6.40. The molecule has 0 aliphatic carbocycles. The fourth-order valence-electron chi connectivity index (χ4n) is 2.25. The fraction of sp³-hybridized carbons (Fsp3) is 0.727. The van der Waals surface area contributed by atoms with Crippen LogP contribution in [0.25, 0.3) is 0 Å². The average molecular weight is 256 g/mol. The van der Waals surface area contributed by atoms with Crippen LogP contribution in [0.5, 0.6) is 0 Å². The van der Waals surface area contributed by atoms with E-state index in [9.17, 15) is 4.79 Å². The lowest BCUT2D eigenvalue weighted by Crippen LogP contribution is -2.73. The molecule has 0 aromatic carbocycles. The van der Waals surface area contributed by atoms with Crippen molar-refractivity contribution in [3.05, 3.63) is 12.3 Å². The molecule has 2 saturated heterocycles. The highest BCUT2D eigenvalue weighted by molar-refractivity contribution is 7.99. The van der Waals surface area contributed by atoms with Crippen molar-refractivity contribution < 1.29 is 4.79 Å². The van der Waals surface area contributed by atoms with E-state index < -0.39 is 5.12 Å². The van der Waals surface area contributed by atoms with E-state index in [0.717, 1.165) is 13.1 Å². The Morgan fingerprint density at radius 2 is 1.94 bits per heavy atom. The van der Waals surface area contributed by atoms with Gasteiger partial charge in [-0.1, -0.05) is 19.4 Å². The molecule has 0 radical (unpaired) electrons. The van der Waals surface area contributed by atoms with Crippen LogP contribution in [-0.4, -0.2) is 35.3 Å². The summed E-state index contributed by atoms with van der Waals surface area (Å²) < 4.78 is 0. The smallest absolute Gasteiger partial charge is 0.271 e. The van der Waals surface area contributed by atoms with Crippen LogP contribution in [-0.2, 0) is 4.79 Å². The van der Waals surface area contributed by atoms with Crippen molar-refractivity contribution in [3.8, 4) is 0 Å². The van der Waals surface area contributed by atoms with Crippen LogP contribution in [0, 0.1) is 0 Å². The van der Waals surface area contributed by atoms with Gasteiger partial charge in [-0.05, 0) is 19.1 Å². The summed E-state index contributed by atoms with van der Waals surface area (Å²) >= 11 is 1.59. The molecule has 96 valence electrons. The Bertz CT molecular complexity index is 315. The van der Waals surface area contributed by atoms with Crippen LogP contribution in [0.4, 0.5) is 0 Å². The van der Waals surface area contributed by atoms with E-state index in [0.29, 0.717) is 5.70 Å². The molecule has 2 fully saturated rings. The van der Waals surface area contributed by atoms with Gasteiger partial charge in [0.15, 0.2) is 0 Å². The van der Waals surface area contributed by atoms with Crippen molar-refractivity contribution in [1.29, 1.82) is 0 Å². The van der Waals surface area contributed by atoms with Gasteiger partial charge in [0.25, 0.3) is 5.91 Å². The minimum Gasteiger partial charge on any atom is -0.313 e. The third-order valence-corrected chi connectivity index (χ3v) is 4.34. The quantitative estimate of drug-likeness (QED) is 0.631. The van der Waals surface area contributed by atoms with Crippen LogP contribution in [0.15, 0.2) is 12.3 Å². The van der Waals surface area contributed by atoms with Gasteiger partial charge < -0.3 is 10.7 Å². The number of hydrazine groups is 1. The Hall–Kier alpha value is -0.720. The standard InChI is InChI=1S/C11H20N4OS/c1-9-10(16)12-11(17-2,14-13-9)15-7-5-3-4-6-8-15/h13-14H,1,3-8H2,2H3,(H,12,16). The van der Waals surface area contributed by atoms with Crippen molar-refractivity contribution in [1.82, 2.24) is 21.1 Å². The average Bonchev–Trinajstić information content (AvgIpc) is 2.62. The summed E-state index contributed by atoms with van der Waals surface area (Å²) in [6, 6.07) is 0.